The molecule has 2 aliphatic heterocycles. The van der Waals surface area contributed by atoms with Gasteiger partial charge in [0.15, 0.2) is 5.84 Å². The van der Waals surface area contributed by atoms with Crippen molar-refractivity contribution in [2.45, 2.75) is 38.0 Å². The fraction of sp³-hybridized carbons (Fsp3) is 0.0968. The van der Waals surface area contributed by atoms with Crippen LogP contribution in [0.4, 0.5) is 11.4 Å². The van der Waals surface area contributed by atoms with Crippen LogP contribution in [0.25, 0.3) is 60.4 Å². The number of nitrogens with zero attached hydrogens (tertiary/aromatic N) is 5. The first-order chi connectivity index (χ1) is 33.1. The molecule has 0 N–H and O–H groups in total. The lowest BCUT2D eigenvalue weighted by Gasteiger charge is -2.31. The Balaban J connectivity index is 1.07. The third-order valence-electron chi connectivity index (χ3n) is 14.2. The van der Waals surface area contributed by atoms with Gasteiger partial charge in [0.25, 0.3) is 0 Å². The number of benzene rings is 8. The summed E-state index contributed by atoms with van der Waals surface area (Å²) >= 11 is 0. The average molecular weight is 862 g/mol. The lowest BCUT2D eigenvalue weighted by molar-refractivity contribution is 0.577. The molecule has 1 aliphatic carbocycles. The van der Waals surface area contributed by atoms with Crippen molar-refractivity contribution >= 4 is 66.7 Å². The lowest BCUT2D eigenvalue weighted by atomic mass is 9.76. The molecule has 2 aromatic heterocycles. The van der Waals surface area contributed by atoms with E-state index >= 15 is 0 Å². The Morgan fingerprint density at radius 1 is 0.522 bits per heavy atom. The predicted molar refractivity (Wildman–Crippen MR) is 280 cm³/mol. The summed E-state index contributed by atoms with van der Waals surface area (Å²) in [4.78, 5) is 13.8. The molecule has 320 valence electrons. The van der Waals surface area contributed by atoms with Crippen LogP contribution in [0.5, 0.6) is 0 Å². The summed E-state index contributed by atoms with van der Waals surface area (Å²) in [5.74, 6) is 1.68. The zero-order valence-electron chi connectivity index (χ0n) is 37.3. The molecule has 0 amide bonds. The molecular weight excluding hydrogens is 815 g/mol. The minimum absolute atomic E-state index is 0.195. The third-order valence-corrected chi connectivity index (χ3v) is 14.2. The summed E-state index contributed by atoms with van der Waals surface area (Å²) in [6.07, 6.45) is 12.4. The number of aliphatic imine (C=N–C) groups is 2. The normalized spacial score (nSPS) is 16.9. The van der Waals surface area contributed by atoms with Gasteiger partial charge in [0.1, 0.15) is 5.84 Å². The van der Waals surface area contributed by atoms with Crippen LogP contribution in [0.1, 0.15) is 42.9 Å². The minimum atomic E-state index is -0.195. The monoisotopic (exact) mass is 861 g/mol. The van der Waals surface area contributed by atoms with Crippen molar-refractivity contribution in [1.82, 2.24) is 9.13 Å². The van der Waals surface area contributed by atoms with Gasteiger partial charge in [0, 0.05) is 68.1 Å². The number of anilines is 2. The fourth-order valence-electron chi connectivity index (χ4n) is 11.0. The van der Waals surface area contributed by atoms with Crippen LogP contribution < -0.4 is 4.90 Å². The zero-order chi connectivity index (χ0) is 44.5. The van der Waals surface area contributed by atoms with E-state index in [4.69, 9.17) is 9.98 Å². The maximum Gasteiger partial charge on any atom is 0.161 e. The fourth-order valence-corrected chi connectivity index (χ4v) is 11.0. The number of hydrogen-bond donors (Lipinski definition) is 0. The molecule has 5 nitrogen and oxygen atoms in total. The van der Waals surface area contributed by atoms with Gasteiger partial charge in [-0.3, -0.25) is 4.57 Å². The van der Waals surface area contributed by atoms with Gasteiger partial charge in [-0.2, -0.15) is 0 Å². The molecule has 10 aromatic rings. The van der Waals surface area contributed by atoms with Gasteiger partial charge >= 0.3 is 0 Å². The van der Waals surface area contributed by atoms with Crippen molar-refractivity contribution in [3.63, 3.8) is 0 Å². The second kappa shape index (κ2) is 15.7. The van der Waals surface area contributed by atoms with E-state index in [0.29, 0.717) is 5.84 Å². The van der Waals surface area contributed by atoms with Gasteiger partial charge in [-0.05, 0) is 109 Å². The Bertz CT molecular complexity index is 3700. The predicted octanol–water partition coefficient (Wildman–Crippen LogP) is 15.4. The zero-order valence-corrected chi connectivity index (χ0v) is 37.3. The van der Waals surface area contributed by atoms with Gasteiger partial charge in [0.05, 0.1) is 27.8 Å². The molecule has 0 bridgehead atoms. The Kier molecular flexibility index (Phi) is 9.17. The van der Waals surface area contributed by atoms with E-state index in [1.165, 1.54) is 55.3 Å². The third kappa shape index (κ3) is 6.45. The van der Waals surface area contributed by atoms with Crippen molar-refractivity contribution in [2.75, 3.05) is 4.90 Å². The Morgan fingerprint density at radius 2 is 1.13 bits per heavy atom. The van der Waals surface area contributed by atoms with Crippen molar-refractivity contribution in [2.24, 2.45) is 9.98 Å². The number of allylic oxidation sites excluding steroid dienone is 6. The van der Waals surface area contributed by atoms with Crippen LogP contribution in [0, 0.1) is 0 Å². The molecule has 8 aromatic carbocycles. The summed E-state index contributed by atoms with van der Waals surface area (Å²) in [5, 5.41) is 4.89. The summed E-state index contributed by atoms with van der Waals surface area (Å²) in [6.45, 7) is 2.41. The summed E-state index contributed by atoms with van der Waals surface area (Å²) in [7, 11) is 0. The van der Waals surface area contributed by atoms with E-state index in [1.54, 1.807) is 0 Å². The molecule has 0 saturated heterocycles. The highest BCUT2D eigenvalue weighted by Crippen LogP contribution is 2.56. The summed E-state index contributed by atoms with van der Waals surface area (Å²) in [5.41, 5.74) is 16.0. The number of rotatable bonds is 6. The highest BCUT2D eigenvalue weighted by Gasteiger charge is 2.45. The van der Waals surface area contributed by atoms with Crippen LogP contribution in [0.3, 0.4) is 0 Å². The number of hydrogen-bond acceptors (Lipinski definition) is 3. The summed E-state index contributed by atoms with van der Waals surface area (Å²) < 4.78 is 4.85. The Morgan fingerprint density at radius 3 is 1.85 bits per heavy atom. The highest BCUT2D eigenvalue weighted by molar-refractivity contribution is 6.17. The molecule has 1 unspecified atom stereocenters. The van der Waals surface area contributed by atoms with Gasteiger partial charge < -0.3 is 9.47 Å². The number of aromatic nitrogens is 2. The van der Waals surface area contributed by atoms with Crippen molar-refractivity contribution in [3.05, 3.63) is 247 Å². The number of fused-ring (bicyclic) bond motifs is 9. The largest absolute Gasteiger partial charge is 0.313 e. The first-order valence-corrected chi connectivity index (χ1v) is 23.5. The Labute approximate surface area is 390 Å². The first-order valence-electron chi connectivity index (χ1n) is 23.5. The molecule has 67 heavy (non-hydrogen) atoms. The highest BCUT2D eigenvalue weighted by atomic mass is 15.2. The van der Waals surface area contributed by atoms with Crippen LogP contribution in [0.15, 0.2) is 240 Å². The van der Waals surface area contributed by atoms with Crippen molar-refractivity contribution < 1.29 is 0 Å². The van der Waals surface area contributed by atoms with E-state index in [-0.39, 0.29) is 5.41 Å². The maximum atomic E-state index is 5.72. The Hall–Kier alpha value is -8.28. The molecule has 0 fully saturated rings. The molecule has 5 heteroatoms. The van der Waals surface area contributed by atoms with Crippen LogP contribution in [0.2, 0.25) is 0 Å². The topological polar surface area (TPSA) is 37.8 Å². The van der Waals surface area contributed by atoms with E-state index in [1.807, 2.05) is 0 Å². The summed E-state index contributed by atoms with van der Waals surface area (Å²) in [6, 6.07) is 70.5. The molecule has 0 radical (unpaired) electrons. The average Bonchev–Trinajstić information content (AvgIpc) is 3.97. The van der Waals surface area contributed by atoms with Gasteiger partial charge in [0.2, 0.25) is 0 Å². The van der Waals surface area contributed by atoms with E-state index < -0.39 is 0 Å². The molecule has 0 spiro atoms. The maximum absolute atomic E-state index is 5.72. The molecule has 13 rings (SSSR count). The van der Waals surface area contributed by atoms with Gasteiger partial charge in [-0.25, -0.2) is 9.98 Å². The van der Waals surface area contributed by atoms with Crippen molar-refractivity contribution in [1.29, 1.82) is 0 Å². The van der Waals surface area contributed by atoms with E-state index in [0.717, 1.165) is 76.1 Å². The van der Waals surface area contributed by atoms with E-state index in [2.05, 4.69) is 239 Å². The molecule has 4 heterocycles. The molecule has 3 aliphatic rings. The molecule has 1 atom stereocenters. The number of amidine groups is 1. The molecule has 0 saturated carbocycles. The van der Waals surface area contributed by atoms with Gasteiger partial charge in [-0.1, -0.05) is 152 Å². The van der Waals surface area contributed by atoms with Crippen LogP contribution in [-0.2, 0) is 11.8 Å². The SMILES string of the molecule is CC12CC=CC=C1N(c1ccccc1)c1cc3c4ccccc4n(-c4cc(C5=NC(Cc6ccccc6)=CCCC(n6c7ccccc7c7ccccc76)=N5)cc(-c5ccccc5)c4)c3cc12. The van der Waals surface area contributed by atoms with Crippen molar-refractivity contribution in [3.8, 4) is 16.8 Å². The minimum Gasteiger partial charge on any atom is -0.313 e. The van der Waals surface area contributed by atoms with Crippen LogP contribution in [-0.4, -0.2) is 20.8 Å². The van der Waals surface area contributed by atoms with Crippen LogP contribution >= 0.6 is 0 Å². The molecular formula is C62H47N5. The quantitative estimate of drug-likeness (QED) is 0.164. The van der Waals surface area contributed by atoms with E-state index in [9.17, 15) is 0 Å². The standard InChI is InChI=1S/C62H47N5/c1-62-35-18-17-33-59(62)66(47-25-9-4-10-26-47)58-40-52-51-29-13-14-30-54(51)65(57(52)41-53(58)62)48-38-44(43-22-7-3-8-23-43)37-45(39-48)61-63-46(36-42-20-5-2-6-21-42)24-19-34-60(64-61)67-55-31-15-11-27-49(55)50-28-12-16-32-56(50)67/h2-18,20-33,37-41H,19,34-36H2,1H3. The lowest BCUT2D eigenvalue weighted by Crippen LogP contribution is -2.26. The number of para-hydroxylation sites is 4. The smallest absolute Gasteiger partial charge is 0.161 e. The van der Waals surface area contributed by atoms with Gasteiger partial charge in [-0.15, -0.1) is 0 Å². The first kappa shape index (κ1) is 39.1. The second-order valence-electron chi connectivity index (χ2n) is 18.3. The second-order valence-corrected chi connectivity index (χ2v) is 18.3.